The zero-order chi connectivity index (χ0) is 14.1. The monoisotopic (exact) mass is 272 g/mol. The molecule has 0 aromatic carbocycles. The zero-order valence-electron chi connectivity index (χ0n) is 12.4. The van der Waals surface area contributed by atoms with Crippen molar-refractivity contribution >= 4 is 5.65 Å². The van der Waals surface area contributed by atoms with Crippen LogP contribution in [0.25, 0.3) is 5.65 Å². The molecule has 0 saturated carbocycles. The molecule has 1 aliphatic heterocycles. The molecule has 0 spiro atoms. The van der Waals surface area contributed by atoms with Crippen molar-refractivity contribution in [3.05, 3.63) is 36.3 Å². The Balaban J connectivity index is 2.01. The van der Waals surface area contributed by atoms with Gasteiger partial charge in [-0.15, -0.1) is 0 Å². The number of likely N-dealkylation sites (tertiary alicyclic amines) is 1. The van der Waals surface area contributed by atoms with Crippen LogP contribution in [0.3, 0.4) is 0 Å². The molecule has 1 saturated heterocycles. The molecule has 4 nitrogen and oxygen atoms in total. The van der Waals surface area contributed by atoms with Crippen LogP contribution in [0.5, 0.6) is 0 Å². The number of nitrogens with two attached hydrogens (primary N) is 1. The molecule has 2 aromatic heterocycles. The fourth-order valence-electron chi connectivity index (χ4n) is 3.44. The van der Waals surface area contributed by atoms with Crippen LogP contribution in [0, 0.1) is 5.92 Å². The molecule has 3 rings (SSSR count). The Kier molecular flexibility index (Phi) is 3.76. The van der Waals surface area contributed by atoms with E-state index < -0.39 is 0 Å². The second-order valence-corrected chi connectivity index (χ2v) is 6.05. The summed E-state index contributed by atoms with van der Waals surface area (Å²) in [7, 11) is 0. The number of rotatable bonds is 3. The standard InChI is InChI=1S/C16H24N4/c1-12(2)20-9-5-6-13(10-17)16(20)14-11-19-8-4-3-7-15(19)18-14/h3-4,7-8,11-13,16H,5-6,9-10,17H2,1-2H3. The molecule has 0 bridgehead atoms. The lowest BCUT2D eigenvalue weighted by Crippen LogP contribution is -2.45. The van der Waals surface area contributed by atoms with Gasteiger partial charge in [0.05, 0.1) is 11.7 Å². The molecule has 1 aliphatic rings. The number of hydrogen-bond donors (Lipinski definition) is 1. The molecule has 0 amide bonds. The fourth-order valence-corrected chi connectivity index (χ4v) is 3.44. The van der Waals surface area contributed by atoms with Gasteiger partial charge in [-0.25, -0.2) is 4.98 Å². The van der Waals surface area contributed by atoms with Crippen molar-refractivity contribution in [3.63, 3.8) is 0 Å². The third kappa shape index (κ3) is 2.34. The molecule has 4 heteroatoms. The summed E-state index contributed by atoms with van der Waals surface area (Å²) in [5, 5.41) is 0. The average Bonchev–Trinajstić information content (AvgIpc) is 2.89. The van der Waals surface area contributed by atoms with E-state index in [1.807, 2.05) is 12.1 Å². The summed E-state index contributed by atoms with van der Waals surface area (Å²) in [5.41, 5.74) is 8.21. The normalized spacial score (nSPS) is 24.6. The molecule has 3 heterocycles. The Hall–Kier alpha value is -1.39. The van der Waals surface area contributed by atoms with Crippen LogP contribution < -0.4 is 5.73 Å². The van der Waals surface area contributed by atoms with Gasteiger partial charge in [0.15, 0.2) is 0 Å². The number of imidazole rings is 1. The van der Waals surface area contributed by atoms with Gasteiger partial charge in [0, 0.05) is 18.4 Å². The van der Waals surface area contributed by atoms with Crippen molar-refractivity contribution in [1.82, 2.24) is 14.3 Å². The van der Waals surface area contributed by atoms with Crippen molar-refractivity contribution < 1.29 is 0 Å². The molecule has 0 radical (unpaired) electrons. The van der Waals surface area contributed by atoms with E-state index in [1.54, 1.807) is 0 Å². The Morgan fingerprint density at radius 3 is 2.95 bits per heavy atom. The molecular weight excluding hydrogens is 248 g/mol. The number of nitrogens with zero attached hydrogens (tertiary/aromatic N) is 3. The smallest absolute Gasteiger partial charge is 0.137 e. The highest BCUT2D eigenvalue weighted by Gasteiger charge is 2.34. The molecule has 20 heavy (non-hydrogen) atoms. The van der Waals surface area contributed by atoms with Gasteiger partial charge >= 0.3 is 0 Å². The van der Waals surface area contributed by atoms with E-state index in [0.717, 1.165) is 18.7 Å². The van der Waals surface area contributed by atoms with Crippen LogP contribution in [-0.2, 0) is 0 Å². The molecule has 2 atom stereocenters. The maximum atomic E-state index is 6.03. The number of hydrogen-bond acceptors (Lipinski definition) is 3. The predicted octanol–water partition coefficient (Wildman–Crippen LogP) is 2.45. The molecule has 2 aromatic rings. The lowest BCUT2D eigenvalue weighted by Gasteiger charge is -2.42. The largest absolute Gasteiger partial charge is 0.330 e. The van der Waals surface area contributed by atoms with Gasteiger partial charge < -0.3 is 10.1 Å². The van der Waals surface area contributed by atoms with E-state index in [0.29, 0.717) is 18.0 Å². The van der Waals surface area contributed by atoms with Crippen LogP contribution in [0.1, 0.15) is 38.4 Å². The minimum Gasteiger partial charge on any atom is -0.330 e. The molecular formula is C16H24N4. The summed E-state index contributed by atoms with van der Waals surface area (Å²) in [6.45, 7) is 6.41. The Bertz CT molecular complexity index is 542. The number of pyridine rings is 1. The van der Waals surface area contributed by atoms with Crippen molar-refractivity contribution in [1.29, 1.82) is 0 Å². The highest BCUT2D eigenvalue weighted by molar-refractivity contribution is 5.40. The van der Waals surface area contributed by atoms with Crippen LogP contribution in [-0.4, -0.2) is 33.4 Å². The van der Waals surface area contributed by atoms with E-state index in [-0.39, 0.29) is 0 Å². The number of piperidine rings is 1. The van der Waals surface area contributed by atoms with E-state index in [4.69, 9.17) is 10.7 Å². The van der Waals surface area contributed by atoms with E-state index in [2.05, 4.69) is 41.6 Å². The van der Waals surface area contributed by atoms with Crippen molar-refractivity contribution in [3.8, 4) is 0 Å². The first kappa shape index (κ1) is 13.6. The minimum atomic E-state index is 0.355. The van der Waals surface area contributed by atoms with Gasteiger partial charge in [-0.3, -0.25) is 4.90 Å². The maximum Gasteiger partial charge on any atom is 0.137 e. The van der Waals surface area contributed by atoms with E-state index in [1.165, 1.54) is 18.5 Å². The van der Waals surface area contributed by atoms with Gasteiger partial charge in [0.2, 0.25) is 0 Å². The van der Waals surface area contributed by atoms with Crippen molar-refractivity contribution in [2.45, 2.75) is 38.8 Å². The molecule has 2 N–H and O–H groups in total. The fraction of sp³-hybridized carbons (Fsp3) is 0.562. The van der Waals surface area contributed by atoms with Gasteiger partial charge in [0.25, 0.3) is 0 Å². The summed E-state index contributed by atoms with van der Waals surface area (Å²) < 4.78 is 2.11. The van der Waals surface area contributed by atoms with Crippen LogP contribution in [0.2, 0.25) is 0 Å². The summed E-state index contributed by atoms with van der Waals surface area (Å²) >= 11 is 0. The van der Waals surface area contributed by atoms with E-state index in [9.17, 15) is 0 Å². The first-order chi connectivity index (χ1) is 9.70. The van der Waals surface area contributed by atoms with Crippen LogP contribution in [0.4, 0.5) is 0 Å². The maximum absolute atomic E-state index is 6.03. The SMILES string of the molecule is CC(C)N1CCCC(CN)C1c1cn2ccccc2n1. The lowest BCUT2D eigenvalue weighted by atomic mass is 9.86. The quantitative estimate of drug-likeness (QED) is 0.933. The third-order valence-electron chi connectivity index (χ3n) is 4.45. The topological polar surface area (TPSA) is 46.6 Å². The molecule has 0 aliphatic carbocycles. The summed E-state index contributed by atoms with van der Waals surface area (Å²) in [6.07, 6.45) is 6.68. The Labute approximate surface area is 120 Å². The third-order valence-corrected chi connectivity index (χ3v) is 4.45. The van der Waals surface area contributed by atoms with Crippen molar-refractivity contribution in [2.24, 2.45) is 11.7 Å². The second kappa shape index (κ2) is 5.54. The molecule has 108 valence electrons. The summed E-state index contributed by atoms with van der Waals surface area (Å²) in [5.74, 6) is 0.510. The Morgan fingerprint density at radius 1 is 1.40 bits per heavy atom. The highest BCUT2D eigenvalue weighted by Crippen LogP contribution is 2.36. The average molecular weight is 272 g/mol. The lowest BCUT2D eigenvalue weighted by molar-refractivity contribution is 0.0642. The van der Waals surface area contributed by atoms with Crippen molar-refractivity contribution in [2.75, 3.05) is 13.1 Å². The zero-order valence-corrected chi connectivity index (χ0v) is 12.4. The predicted molar refractivity (Wildman–Crippen MR) is 81.6 cm³/mol. The van der Waals surface area contributed by atoms with E-state index >= 15 is 0 Å². The van der Waals surface area contributed by atoms with Crippen LogP contribution in [0.15, 0.2) is 30.6 Å². The number of fused-ring (bicyclic) bond motifs is 1. The van der Waals surface area contributed by atoms with Gasteiger partial charge in [-0.05, 0) is 57.8 Å². The molecule has 1 fully saturated rings. The Morgan fingerprint density at radius 2 is 2.25 bits per heavy atom. The summed E-state index contributed by atoms with van der Waals surface area (Å²) in [6, 6.07) is 7.02. The van der Waals surface area contributed by atoms with Gasteiger partial charge in [-0.1, -0.05) is 6.07 Å². The first-order valence-corrected chi connectivity index (χ1v) is 7.60. The highest BCUT2D eigenvalue weighted by atomic mass is 15.2. The van der Waals surface area contributed by atoms with Gasteiger partial charge in [0.1, 0.15) is 5.65 Å². The van der Waals surface area contributed by atoms with Gasteiger partial charge in [-0.2, -0.15) is 0 Å². The minimum absolute atomic E-state index is 0.355. The second-order valence-electron chi connectivity index (χ2n) is 6.05. The summed E-state index contributed by atoms with van der Waals surface area (Å²) in [4.78, 5) is 7.39. The molecule has 2 unspecified atom stereocenters. The first-order valence-electron chi connectivity index (χ1n) is 7.60. The van der Waals surface area contributed by atoms with Crippen LogP contribution >= 0.6 is 0 Å². The number of aromatic nitrogens is 2.